The summed E-state index contributed by atoms with van der Waals surface area (Å²) in [6, 6.07) is 1.74. The molecule has 1 heterocycles. The Balaban J connectivity index is 2.29. The van der Waals surface area contributed by atoms with Gasteiger partial charge in [-0.2, -0.15) is 0 Å². The van der Waals surface area contributed by atoms with Crippen LogP contribution in [-0.4, -0.2) is 9.55 Å². The van der Waals surface area contributed by atoms with E-state index in [0.717, 1.165) is 25.8 Å². The summed E-state index contributed by atoms with van der Waals surface area (Å²) < 4.78 is 2.16. The molecule has 0 spiro atoms. The molecule has 0 aliphatic carbocycles. The Bertz CT molecular complexity index is 433. The van der Waals surface area contributed by atoms with Gasteiger partial charge in [-0.3, -0.25) is 4.98 Å². The van der Waals surface area contributed by atoms with Gasteiger partial charge < -0.3 is 4.57 Å². The lowest BCUT2D eigenvalue weighted by molar-refractivity contribution is 0.555. The molecule has 4 heteroatoms. The quantitative estimate of drug-likeness (QED) is 0.450. The van der Waals surface area contributed by atoms with Crippen molar-refractivity contribution in [3.8, 4) is 0 Å². The van der Waals surface area contributed by atoms with Crippen LogP contribution < -0.4 is 5.69 Å². The molecule has 1 N–H and O–H groups in total. The molecule has 0 amide bonds. The summed E-state index contributed by atoms with van der Waals surface area (Å²) in [6.07, 6.45) is 9.35. The van der Waals surface area contributed by atoms with Gasteiger partial charge in [0.2, 0.25) is 0 Å². The number of hydrogen-bond acceptors (Lipinski definition) is 2. The van der Waals surface area contributed by atoms with E-state index < -0.39 is 0 Å². The summed E-state index contributed by atoms with van der Waals surface area (Å²) >= 11 is 4.86. The summed E-state index contributed by atoms with van der Waals surface area (Å²) in [7, 11) is 0. The highest BCUT2D eigenvalue weighted by molar-refractivity contribution is 7.71. The summed E-state index contributed by atoms with van der Waals surface area (Å²) in [6.45, 7) is 4.45. The van der Waals surface area contributed by atoms with Crippen molar-refractivity contribution in [2.24, 2.45) is 0 Å². The van der Waals surface area contributed by atoms with Crippen LogP contribution in [0.25, 0.3) is 0 Å². The zero-order valence-corrected chi connectivity index (χ0v) is 10.3. The highest BCUT2D eigenvalue weighted by Crippen LogP contribution is 2.03. The van der Waals surface area contributed by atoms with Crippen LogP contribution in [0.4, 0.5) is 0 Å². The number of rotatable bonds is 7. The lowest BCUT2D eigenvalue weighted by Crippen LogP contribution is -2.22. The van der Waals surface area contributed by atoms with E-state index in [1.807, 2.05) is 6.08 Å². The van der Waals surface area contributed by atoms with E-state index in [1.54, 1.807) is 16.8 Å². The van der Waals surface area contributed by atoms with Crippen molar-refractivity contribution < 1.29 is 0 Å². The fourth-order valence-electron chi connectivity index (χ4n) is 1.54. The fourth-order valence-corrected chi connectivity index (χ4v) is 1.69. The molecule has 0 aliphatic rings. The Kier molecular flexibility index (Phi) is 5.78. The molecule has 0 fully saturated rings. The first-order valence-electron chi connectivity index (χ1n) is 5.64. The van der Waals surface area contributed by atoms with Gasteiger partial charge in [-0.25, -0.2) is 4.79 Å². The van der Waals surface area contributed by atoms with Crippen molar-refractivity contribution in [2.75, 3.05) is 0 Å². The molecule has 0 aliphatic heterocycles. The standard InChI is InChI=1S/C12H18N2OS/c1-2-3-4-5-6-7-9-14-10-8-11(16)13-12(14)15/h2,8,10H,1,3-7,9H2,(H,13,15,16). The molecule has 1 aromatic rings. The monoisotopic (exact) mass is 238 g/mol. The second-order valence-corrected chi connectivity index (χ2v) is 4.23. The minimum Gasteiger partial charge on any atom is -0.301 e. The average Bonchev–Trinajstić information content (AvgIpc) is 2.26. The number of aryl methyl sites for hydroxylation is 1. The van der Waals surface area contributed by atoms with E-state index in [9.17, 15) is 4.79 Å². The summed E-state index contributed by atoms with van der Waals surface area (Å²) in [5.41, 5.74) is -0.112. The predicted octanol–water partition coefficient (Wildman–Crippen LogP) is 3.04. The molecule has 0 unspecified atom stereocenters. The third-order valence-corrected chi connectivity index (χ3v) is 2.69. The van der Waals surface area contributed by atoms with Crippen molar-refractivity contribution >= 4 is 12.2 Å². The van der Waals surface area contributed by atoms with Gasteiger partial charge in [0.15, 0.2) is 0 Å². The minimum atomic E-state index is -0.112. The summed E-state index contributed by atoms with van der Waals surface area (Å²) in [5.74, 6) is 0. The van der Waals surface area contributed by atoms with Gasteiger partial charge in [0, 0.05) is 12.7 Å². The van der Waals surface area contributed by atoms with Gasteiger partial charge in [-0.15, -0.1) is 6.58 Å². The van der Waals surface area contributed by atoms with Crippen molar-refractivity contribution in [3.63, 3.8) is 0 Å². The van der Waals surface area contributed by atoms with Crippen molar-refractivity contribution in [3.05, 3.63) is 40.0 Å². The maximum atomic E-state index is 11.4. The highest BCUT2D eigenvalue weighted by atomic mass is 32.1. The highest BCUT2D eigenvalue weighted by Gasteiger charge is 1.95. The summed E-state index contributed by atoms with van der Waals surface area (Å²) in [4.78, 5) is 14.0. The third-order valence-electron chi connectivity index (χ3n) is 2.45. The molecule has 0 saturated carbocycles. The Morgan fingerprint density at radius 3 is 2.81 bits per heavy atom. The van der Waals surface area contributed by atoms with Gasteiger partial charge in [0.05, 0.1) is 0 Å². The number of nitrogens with zero attached hydrogens (tertiary/aromatic N) is 1. The normalized spacial score (nSPS) is 10.2. The lowest BCUT2D eigenvalue weighted by atomic mass is 10.1. The van der Waals surface area contributed by atoms with E-state index in [-0.39, 0.29) is 5.69 Å². The molecular weight excluding hydrogens is 220 g/mol. The Morgan fingerprint density at radius 1 is 1.38 bits per heavy atom. The minimum absolute atomic E-state index is 0.112. The number of hydrogen-bond donors (Lipinski definition) is 1. The average molecular weight is 238 g/mol. The first kappa shape index (κ1) is 12.9. The number of unbranched alkanes of at least 4 members (excludes halogenated alkanes) is 4. The van der Waals surface area contributed by atoms with Crippen LogP contribution in [0.1, 0.15) is 32.1 Å². The molecule has 88 valence electrons. The van der Waals surface area contributed by atoms with Crippen molar-refractivity contribution in [1.29, 1.82) is 0 Å². The first-order valence-corrected chi connectivity index (χ1v) is 6.05. The van der Waals surface area contributed by atoms with Gasteiger partial charge in [0.25, 0.3) is 0 Å². The number of allylic oxidation sites excluding steroid dienone is 1. The SMILES string of the molecule is C=CCCCCCCn1ccc(=S)[nH]c1=O. The van der Waals surface area contributed by atoms with Crippen LogP contribution in [0.15, 0.2) is 29.7 Å². The molecular formula is C12H18N2OS. The molecule has 3 nitrogen and oxygen atoms in total. The Labute approximate surface area is 101 Å². The molecule has 0 atom stereocenters. The zero-order valence-electron chi connectivity index (χ0n) is 9.45. The molecule has 0 radical (unpaired) electrons. The van der Waals surface area contributed by atoms with Crippen LogP contribution >= 0.6 is 12.2 Å². The fraction of sp³-hybridized carbons (Fsp3) is 0.500. The van der Waals surface area contributed by atoms with E-state index in [2.05, 4.69) is 11.6 Å². The predicted molar refractivity (Wildman–Crippen MR) is 69.2 cm³/mol. The topological polar surface area (TPSA) is 37.8 Å². The van der Waals surface area contributed by atoms with Gasteiger partial charge >= 0.3 is 5.69 Å². The van der Waals surface area contributed by atoms with Gasteiger partial charge in [-0.05, 0) is 25.3 Å². The van der Waals surface area contributed by atoms with Crippen LogP contribution in [-0.2, 0) is 6.54 Å². The van der Waals surface area contributed by atoms with Gasteiger partial charge in [-0.1, -0.05) is 31.1 Å². The number of nitrogens with one attached hydrogen (secondary N) is 1. The van der Waals surface area contributed by atoms with Crippen LogP contribution in [0.2, 0.25) is 0 Å². The second kappa shape index (κ2) is 7.17. The molecule has 0 saturated heterocycles. The Morgan fingerprint density at radius 2 is 2.12 bits per heavy atom. The summed E-state index contributed by atoms with van der Waals surface area (Å²) in [5, 5.41) is 0. The van der Waals surface area contributed by atoms with E-state index >= 15 is 0 Å². The number of H-pyrrole nitrogens is 1. The van der Waals surface area contributed by atoms with Gasteiger partial charge in [0.1, 0.15) is 4.64 Å². The first-order chi connectivity index (χ1) is 7.74. The van der Waals surface area contributed by atoms with Crippen LogP contribution in [0.3, 0.4) is 0 Å². The zero-order chi connectivity index (χ0) is 11.8. The second-order valence-electron chi connectivity index (χ2n) is 3.80. The smallest absolute Gasteiger partial charge is 0.301 e. The molecule has 16 heavy (non-hydrogen) atoms. The third kappa shape index (κ3) is 4.57. The van der Waals surface area contributed by atoms with Crippen molar-refractivity contribution in [2.45, 2.75) is 38.6 Å². The maximum absolute atomic E-state index is 11.4. The molecule has 0 aromatic carbocycles. The maximum Gasteiger partial charge on any atom is 0.326 e. The largest absolute Gasteiger partial charge is 0.326 e. The van der Waals surface area contributed by atoms with E-state index in [0.29, 0.717) is 4.64 Å². The number of aromatic nitrogens is 2. The van der Waals surface area contributed by atoms with E-state index in [1.165, 1.54) is 12.8 Å². The lowest BCUT2D eigenvalue weighted by Gasteiger charge is -2.04. The van der Waals surface area contributed by atoms with Crippen molar-refractivity contribution in [1.82, 2.24) is 9.55 Å². The van der Waals surface area contributed by atoms with Crippen LogP contribution in [0.5, 0.6) is 0 Å². The molecule has 0 bridgehead atoms. The molecule has 1 rings (SSSR count). The molecule has 1 aromatic heterocycles. The van der Waals surface area contributed by atoms with Crippen LogP contribution in [0, 0.1) is 4.64 Å². The van der Waals surface area contributed by atoms with E-state index in [4.69, 9.17) is 12.2 Å². The number of aromatic amines is 1. The Hall–Kier alpha value is -1.16.